The lowest BCUT2D eigenvalue weighted by atomic mass is 9.80. The molecule has 2 rings (SSSR count). The monoisotopic (exact) mass is 424 g/mol. The number of nitrogens with one attached hydrogen (secondary N) is 1. The van der Waals surface area contributed by atoms with Crippen LogP contribution in [0.5, 0.6) is 0 Å². The molecule has 1 aromatic heterocycles. The summed E-state index contributed by atoms with van der Waals surface area (Å²) in [5, 5.41) is 0.0432. The van der Waals surface area contributed by atoms with Crippen LogP contribution in [0.2, 0.25) is 18.1 Å². The number of carbonyl (C=O) groups excluding carboxylic acids is 1. The molecule has 0 unspecified atom stereocenters. The van der Waals surface area contributed by atoms with Crippen molar-refractivity contribution in [1.29, 1.82) is 0 Å². The maximum atomic E-state index is 13.1. The van der Waals surface area contributed by atoms with Gasteiger partial charge < -0.3 is 9.16 Å². The van der Waals surface area contributed by atoms with Gasteiger partial charge in [-0.15, -0.1) is 0 Å². The summed E-state index contributed by atoms with van der Waals surface area (Å²) < 4.78 is 13.9. The second-order valence-electron chi connectivity index (χ2n) is 10.6. The van der Waals surface area contributed by atoms with Crippen LogP contribution in [-0.4, -0.2) is 36.4 Å². The third kappa shape index (κ3) is 5.16. The zero-order chi connectivity index (χ0) is 22.4. The molecular formula is C21H36N2O5Si. The van der Waals surface area contributed by atoms with Crippen molar-refractivity contribution in [2.75, 3.05) is 6.61 Å². The number of nitrogens with zero attached hydrogens (tertiary/aromatic N) is 1. The second-order valence-corrected chi connectivity index (χ2v) is 15.4. The smallest absolute Gasteiger partial charge is 0.330 e. The standard InChI is InChI=1S/C21H36N2O5Si/c1-13-11-23(19(26)22-18(13)25)16-10-14(17(24)20(2,3)4)15(28-16)12-27-29(8,9)21(5,6)7/h11,14-16H,10,12H2,1-9H3,(H,22,25,26)/t14-,15-,16-/m1/s1. The molecule has 0 aliphatic carbocycles. The van der Waals surface area contributed by atoms with E-state index in [4.69, 9.17) is 9.16 Å². The van der Waals surface area contributed by atoms with Crippen molar-refractivity contribution >= 4 is 14.1 Å². The molecule has 0 aromatic carbocycles. The molecule has 164 valence electrons. The van der Waals surface area contributed by atoms with Gasteiger partial charge in [-0.1, -0.05) is 41.5 Å². The van der Waals surface area contributed by atoms with E-state index < -0.39 is 37.3 Å². The van der Waals surface area contributed by atoms with Gasteiger partial charge in [0.25, 0.3) is 5.56 Å². The maximum Gasteiger partial charge on any atom is 0.330 e. The predicted molar refractivity (Wildman–Crippen MR) is 116 cm³/mol. The lowest BCUT2D eigenvalue weighted by molar-refractivity contribution is -0.133. The Labute approximate surface area is 173 Å². The molecule has 29 heavy (non-hydrogen) atoms. The van der Waals surface area contributed by atoms with E-state index in [1.807, 2.05) is 20.8 Å². The average molecular weight is 425 g/mol. The molecule has 8 heteroatoms. The summed E-state index contributed by atoms with van der Waals surface area (Å²) in [6, 6.07) is 0. The molecule has 1 N–H and O–H groups in total. The molecule has 7 nitrogen and oxygen atoms in total. The highest BCUT2D eigenvalue weighted by Crippen LogP contribution is 2.40. The van der Waals surface area contributed by atoms with Crippen molar-refractivity contribution in [3.63, 3.8) is 0 Å². The minimum atomic E-state index is -2.02. The van der Waals surface area contributed by atoms with E-state index >= 15 is 0 Å². The van der Waals surface area contributed by atoms with Gasteiger partial charge in [-0.2, -0.15) is 0 Å². The molecule has 1 aliphatic heterocycles. The number of aromatic amines is 1. The molecule has 0 amide bonds. The van der Waals surface area contributed by atoms with Gasteiger partial charge in [0.1, 0.15) is 12.0 Å². The van der Waals surface area contributed by atoms with E-state index in [1.54, 1.807) is 6.92 Å². The molecule has 0 radical (unpaired) electrons. The van der Waals surface area contributed by atoms with E-state index in [0.717, 1.165) is 0 Å². The normalized spacial score (nSPS) is 23.4. The fourth-order valence-corrected chi connectivity index (χ4v) is 4.21. The number of carbonyl (C=O) groups is 1. The molecule has 1 aromatic rings. The number of Topliss-reactive ketones (excluding diaryl/α,β-unsaturated/α-hetero) is 1. The Morgan fingerprint density at radius 3 is 2.34 bits per heavy atom. The van der Waals surface area contributed by atoms with Gasteiger partial charge in [0.2, 0.25) is 0 Å². The summed E-state index contributed by atoms with van der Waals surface area (Å²) in [5.74, 6) is -0.276. The fourth-order valence-electron chi connectivity index (χ4n) is 3.19. The first kappa shape index (κ1) is 23.8. The van der Waals surface area contributed by atoms with E-state index in [0.29, 0.717) is 18.6 Å². The highest BCUT2D eigenvalue weighted by Gasteiger charge is 2.46. The molecule has 1 saturated heterocycles. The van der Waals surface area contributed by atoms with Gasteiger partial charge in [-0.25, -0.2) is 4.79 Å². The third-order valence-electron chi connectivity index (χ3n) is 6.18. The number of ketones is 1. The molecular weight excluding hydrogens is 388 g/mol. The van der Waals surface area contributed by atoms with Gasteiger partial charge in [-0.05, 0) is 25.1 Å². The summed E-state index contributed by atoms with van der Waals surface area (Å²) in [5.41, 5.74) is -1.04. The van der Waals surface area contributed by atoms with Crippen molar-refractivity contribution < 1.29 is 14.0 Å². The third-order valence-corrected chi connectivity index (χ3v) is 10.7. The SMILES string of the molecule is Cc1cn([C@H]2C[C@@H](C(=O)C(C)(C)C)[C@@H](CO[Si](C)(C)C(C)(C)C)O2)c(=O)[nH]c1=O. The van der Waals surface area contributed by atoms with E-state index in [9.17, 15) is 14.4 Å². The number of aromatic nitrogens is 2. The quantitative estimate of drug-likeness (QED) is 0.732. The van der Waals surface area contributed by atoms with Crippen LogP contribution in [0, 0.1) is 18.3 Å². The van der Waals surface area contributed by atoms with Crippen molar-refractivity contribution in [2.45, 2.75) is 85.4 Å². The average Bonchev–Trinajstić information content (AvgIpc) is 2.97. The zero-order valence-corrected chi connectivity index (χ0v) is 20.2. The van der Waals surface area contributed by atoms with Gasteiger partial charge in [0.15, 0.2) is 8.32 Å². The number of ether oxygens (including phenoxy) is 1. The van der Waals surface area contributed by atoms with Crippen molar-refractivity contribution in [3.8, 4) is 0 Å². The minimum Gasteiger partial charge on any atom is -0.414 e. The molecule has 3 atom stereocenters. The van der Waals surface area contributed by atoms with Crippen LogP contribution in [0.4, 0.5) is 0 Å². The van der Waals surface area contributed by atoms with Crippen molar-refractivity contribution in [2.24, 2.45) is 11.3 Å². The van der Waals surface area contributed by atoms with Crippen LogP contribution < -0.4 is 11.2 Å². The van der Waals surface area contributed by atoms with E-state index in [-0.39, 0.29) is 16.7 Å². The Morgan fingerprint density at radius 1 is 1.24 bits per heavy atom. The lowest BCUT2D eigenvalue weighted by Gasteiger charge is -2.37. The number of hydrogen-bond donors (Lipinski definition) is 1. The maximum absolute atomic E-state index is 13.1. The van der Waals surface area contributed by atoms with E-state index in [1.165, 1.54) is 10.8 Å². The first-order valence-electron chi connectivity index (χ1n) is 10.2. The Bertz CT molecular complexity index is 873. The largest absolute Gasteiger partial charge is 0.414 e. The van der Waals surface area contributed by atoms with Gasteiger partial charge in [0, 0.05) is 23.6 Å². The topological polar surface area (TPSA) is 90.4 Å². The first-order valence-corrected chi connectivity index (χ1v) is 13.1. The van der Waals surface area contributed by atoms with Crippen molar-refractivity contribution in [3.05, 3.63) is 32.6 Å². The summed E-state index contributed by atoms with van der Waals surface area (Å²) in [4.78, 5) is 39.5. The van der Waals surface area contributed by atoms with Crippen molar-refractivity contribution in [1.82, 2.24) is 9.55 Å². The first-order chi connectivity index (χ1) is 13.0. The number of hydrogen-bond acceptors (Lipinski definition) is 5. The van der Waals surface area contributed by atoms with Crippen LogP contribution in [0.15, 0.2) is 15.8 Å². The van der Waals surface area contributed by atoms with Crippen LogP contribution in [0.25, 0.3) is 0 Å². The second kappa shape index (κ2) is 7.96. The van der Waals surface area contributed by atoms with Crippen LogP contribution in [0.1, 0.15) is 59.8 Å². The fraction of sp³-hybridized carbons (Fsp3) is 0.762. The Balaban J connectivity index is 2.33. The van der Waals surface area contributed by atoms with Gasteiger partial charge >= 0.3 is 5.69 Å². The molecule has 2 heterocycles. The van der Waals surface area contributed by atoms with Gasteiger partial charge in [0.05, 0.1) is 18.6 Å². The lowest BCUT2D eigenvalue weighted by Crippen LogP contribution is -2.44. The summed E-state index contributed by atoms with van der Waals surface area (Å²) in [6.07, 6.45) is 0.844. The zero-order valence-electron chi connectivity index (χ0n) is 19.2. The van der Waals surface area contributed by atoms with Crippen LogP contribution in [-0.2, 0) is 14.0 Å². The molecule has 1 fully saturated rings. The number of H-pyrrole nitrogens is 1. The number of rotatable bonds is 5. The number of aryl methyl sites for hydroxylation is 1. The Kier molecular flexibility index (Phi) is 6.52. The summed E-state index contributed by atoms with van der Waals surface area (Å²) >= 11 is 0. The molecule has 1 aliphatic rings. The summed E-state index contributed by atoms with van der Waals surface area (Å²) in [6.45, 7) is 18.5. The minimum absolute atomic E-state index is 0.0432. The highest BCUT2D eigenvalue weighted by molar-refractivity contribution is 6.74. The predicted octanol–water partition coefficient (Wildman–Crippen LogP) is 3.39. The van der Waals surface area contributed by atoms with Crippen LogP contribution >= 0.6 is 0 Å². The Hall–Kier alpha value is -1.51. The Morgan fingerprint density at radius 2 is 1.83 bits per heavy atom. The molecule has 0 spiro atoms. The molecule has 0 saturated carbocycles. The highest BCUT2D eigenvalue weighted by atomic mass is 28.4. The van der Waals surface area contributed by atoms with Gasteiger partial charge in [-0.3, -0.25) is 19.1 Å². The van der Waals surface area contributed by atoms with Crippen LogP contribution in [0.3, 0.4) is 0 Å². The van der Waals surface area contributed by atoms with E-state index in [2.05, 4.69) is 38.8 Å². The summed E-state index contributed by atoms with van der Waals surface area (Å²) in [7, 11) is -2.02. The molecule has 0 bridgehead atoms.